The maximum atomic E-state index is 12.6. The molecule has 7 heteroatoms. The van der Waals surface area contributed by atoms with Crippen molar-refractivity contribution in [3.8, 4) is 23.1 Å². The molecule has 170 valence electrons. The first-order chi connectivity index (χ1) is 16.7. The average molecular weight is 451 g/mol. The molecule has 1 atom stereocenters. The van der Waals surface area contributed by atoms with E-state index in [4.69, 9.17) is 5.73 Å². The van der Waals surface area contributed by atoms with Crippen LogP contribution in [0.4, 0.5) is 11.8 Å². The molecule has 4 aromatic rings. The SMILES string of the molecule is CC#CCN1CCCC1c1cc(-c2ccc(C(=O)Nc3ccccn3)cc2)n2c(N)nccc12. The lowest BCUT2D eigenvalue weighted by molar-refractivity contribution is 0.102. The standard InChI is InChI=1S/C27H26N6O/c1-2-3-16-32-17-6-7-22(32)21-18-24(33-23(21)13-15-30-27(33)28)19-9-11-20(12-10-19)26(34)31-25-8-4-5-14-29-25/h4-5,8-15,18,22H,6-7,16-17H2,1H3,(H2,28,30)(H,29,31,34). The van der Waals surface area contributed by atoms with Gasteiger partial charge in [-0.25, -0.2) is 9.97 Å². The lowest BCUT2D eigenvalue weighted by Crippen LogP contribution is -2.23. The van der Waals surface area contributed by atoms with Gasteiger partial charge in [0.05, 0.1) is 17.8 Å². The number of fused-ring (bicyclic) bond motifs is 1. The van der Waals surface area contributed by atoms with Crippen LogP contribution in [-0.2, 0) is 0 Å². The molecule has 0 bridgehead atoms. The molecule has 0 saturated carbocycles. The van der Waals surface area contributed by atoms with Crippen molar-refractivity contribution >= 4 is 23.2 Å². The lowest BCUT2D eigenvalue weighted by atomic mass is 10.0. The summed E-state index contributed by atoms with van der Waals surface area (Å²) in [6.07, 6.45) is 5.63. The predicted octanol–water partition coefficient (Wildman–Crippen LogP) is 4.39. The number of nitrogens with two attached hydrogens (primary N) is 1. The molecule has 7 nitrogen and oxygen atoms in total. The van der Waals surface area contributed by atoms with Crippen molar-refractivity contribution in [3.63, 3.8) is 0 Å². The van der Waals surface area contributed by atoms with E-state index in [1.165, 1.54) is 5.56 Å². The summed E-state index contributed by atoms with van der Waals surface area (Å²) in [6, 6.07) is 17.4. The molecular weight excluding hydrogens is 424 g/mol. The normalized spacial score (nSPS) is 15.7. The van der Waals surface area contributed by atoms with E-state index in [9.17, 15) is 4.79 Å². The smallest absolute Gasteiger partial charge is 0.256 e. The first kappa shape index (κ1) is 21.7. The van der Waals surface area contributed by atoms with E-state index in [2.05, 4.69) is 38.1 Å². The number of amides is 1. The maximum Gasteiger partial charge on any atom is 0.256 e. The van der Waals surface area contributed by atoms with Gasteiger partial charge in [-0.05, 0) is 73.8 Å². The van der Waals surface area contributed by atoms with Crippen molar-refractivity contribution < 1.29 is 4.79 Å². The second-order valence-corrected chi connectivity index (χ2v) is 8.31. The molecule has 0 aliphatic carbocycles. The number of pyridine rings is 1. The van der Waals surface area contributed by atoms with Gasteiger partial charge in [0.1, 0.15) is 5.82 Å². The molecule has 4 heterocycles. The Morgan fingerprint density at radius 1 is 1.15 bits per heavy atom. The minimum atomic E-state index is -0.203. The summed E-state index contributed by atoms with van der Waals surface area (Å²) in [7, 11) is 0. The number of hydrogen-bond donors (Lipinski definition) is 2. The monoisotopic (exact) mass is 450 g/mol. The molecule has 34 heavy (non-hydrogen) atoms. The predicted molar refractivity (Wildman–Crippen MR) is 134 cm³/mol. The first-order valence-corrected chi connectivity index (χ1v) is 11.4. The van der Waals surface area contributed by atoms with Crippen LogP contribution in [0.25, 0.3) is 16.8 Å². The molecule has 1 aromatic carbocycles. The summed E-state index contributed by atoms with van der Waals surface area (Å²) in [5, 5.41) is 2.82. The van der Waals surface area contributed by atoms with Crippen LogP contribution >= 0.6 is 0 Å². The quantitative estimate of drug-likeness (QED) is 0.440. The Labute approximate surface area is 198 Å². The number of hydrogen-bond acceptors (Lipinski definition) is 5. The van der Waals surface area contributed by atoms with Gasteiger partial charge >= 0.3 is 0 Å². The van der Waals surface area contributed by atoms with Crippen LogP contribution in [0.3, 0.4) is 0 Å². The fraction of sp³-hybridized carbons (Fsp3) is 0.222. The lowest BCUT2D eigenvalue weighted by Gasteiger charge is -2.21. The second kappa shape index (κ2) is 9.38. The second-order valence-electron chi connectivity index (χ2n) is 8.31. The van der Waals surface area contributed by atoms with E-state index in [0.717, 1.165) is 42.7 Å². The maximum absolute atomic E-state index is 12.6. The van der Waals surface area contributed by atoms with Crippen molar-refractivity contribution in [1.82, 2.24) is 19.3 Å². The minimum Gasteiger partial charge on any atom is -0.369 e. The zero-order valence-corrected chi connectivity index (χ0v) is 19.0. The zero-order valence-electron chi connectivity index (χ0n) is 19.0. The number of nitrogens with zero attached hydrogens (tertiary/aromatic N) is 4. The van der Waals surface area contributed by atoms with Crippen molar-refractivity contribution in [2.45, 2.75) is 25.8 Å². The molecule has 1 amide bonds. The van der Waals surface area contributed by atoms with Gasteiger partial charge in [0.25, 0.3) is 5.91 Å². The number of carbonyl (C=O) groups is 1. The molecule has 1 aliphatic heterocycles. The number of rotatable bonds is 5. The Kier molecular flexibility index (Phi) is 5.98. The zero-order chi connectivity index (χ0) is 23.5. The largest absolute Gasteiger partial charge is 0.369 e. The molecule has 1 unspecified atom stereocenters. The van der Waals surface area contributed by atoms with Crippen LogP contribution in [-0.4, -0.2) is 38.3 Å². The number of anilines is 2. The van der Waals surface area contributed by atoms with Gasteiger partial charge in [0.2, 0.25) is 5.95 Å². The Hall–Kier alpha value is -4.15. The molecule has 1 fully saturated rings. The minimum absolute atomic E-state index is 0.203. The molecule has 0 radical (unpaired) electrons. The number of carbonyl (C=O) groups excluding carboxylic acids is 1. The molecule has 1 saturated heterocycles. The molecule has 3 N–H and O–H groups in total. The molecule has 5 rings (SSSR count). The number of likely N-dealkylation sites (tertiary alicyclic amines) is 1. The van der Waals surface area contributed by atoms with E-state index in [1.807, 2.05) is 53.8 Å². The van der Waals surface area contributed by atoms with Crippen molar-refractivity contribution in [2.75, 3.05) is 24.1 Å². The van der Waals surface area contributed by atoms with Gasteiger partial charge in [-0.3, -0.25) is 14.1 Å². The van der Waals surface area contributed by atoms with Crippen molar-refractivity contribution in [2.24, 2.45) is 0 Å². The molecule has 1 aliphatic rings. The summed E-state index contributed by atoms with van der Waals surface area (Å²) in [6.45, 7) is 3.67. The van der Waals surface area contributed by atoms with Crippen LogP contribution in [0.15, 0.2) is 67.0 Å². The van der Waals surface area contributed by atoms with E-state index in [1.54, 1.807) is 18.5 Å². The number of nitrogens with one attached hydrogen (secondary N) is 1. The highest BCUT2D eigenvalue weighted by Crippen LogP contribution is 2.38. The van der Waals surface area contributed by atoms with Crippen molar-refractivity contribution in [3.05, 3.63) is 78.1 Å². The van der Waals surface area contributed by atoms with E-state index < -0.39 is 0 Å². The van der Waals surface area contributed by atoms with Gasteiger partial charge in [0.15, 0.2) is 0 Å². The Morgan fingerprint density at radius 2 is 2.00 bits per heavy atom. The highest BCUT2D eigenvalue weighted by molar-refractivity contribution is 6.04. The number of aromatic nitrogens is 3. The highest BCUT2D eigenvalue weighted by Gasteiger charge is 2.29. The van der Waals surface area contributed by atoms with Gasteiger partial charge in [0, 0.05) is 24.0 Å². The van der Waals surface area contributed by atoms with E-state index in [0.29, 0.717) is 17.3 Å². The third-order valence-corrected chi connectivity index (χ3v) is 6.27. The van der Waals surface area contributed by atoms with E-state index >= 15 is 0 Å². The van der Waals surface area contributed by atoms with Crippen molar-refractivity contribution in [1.29, 1.82) is 0 Å². The third kappa shape index (κ3) is 4.12. The Bertz CT molecular complexity index is 1380. The van der Waals surface area contributed by atoms with Crippen LogP contribution in [0, 0.1) is 11.8 Å². The Balaban J connectivity index is 1.49. The van der Waals surface area contributed by atoms with Crippen LogP contribution in [0.2, 0.25) is 0 Å². The van der Waals surface area contributed by atoms with Gasteiger partial charge in [-0.15, -0.1) is 5.92 Å². The Morgan fingerprint density at radius 3 is 2.76 bits per heavy atom. The molecule has 3 aromatic heterocycles. The van der Waals surface area contributed by atoms with Crippen LogP contribution < -0.4 is 11.1 Å². The number of benzene rings is 1. The average Bonchev–Trinajstić information content (AvgIpc) is 3.48. The van der Waals surface area contributed by atoms with Crippen LogP contribution in [0.1, 0.15) is 41.7 Å². The highest BCUT2D eigenvalue weighted by atomic mass is 16.1. The fourth-order valence-corrected chi connectivity index (χ4v) is 4.65. The number of nitrogen functional groups attached to an aromatic ring is 1. The van der Waals surface area contributed by atoms with Gasteiger partial charge in [-0.1, -0.05) is 24.1 Å². The fourth-order valence-electron chi connectivity index (χ4n) is 4.65. The van der Waals surface area contributed by atoms with E-state index in [-0.39, 0.29) is 11.9 Å². The summed E-state index contributed by atoms with van der Waals surface area (Å²) >= 11 is 0. The van der Waals surface area contributed by atoms with Crippen LogP contribution in [0.5, 0.6) is 0 Å². The summed E-state index contributed by atoms with van der Waals surface area (Å²) < 4.78 is 2.00. The first-order valence-electron chi connectivity index (χ1n) is 11.4. The molecular formula is C27H26N6O. The molecule has 0 spiro atoms. The van der Waals surface area contributed by atoms with Gasteiger partial charge < -0.3 is 11.1 Å². The summed E-state index contributed by atoms with van der Waals surface area (Å²) in [5.74, 6) is 6.98. The third-order valence-electron chi connectivity index (χ3n) is 6.27. The topological polar surface area (TPSA) is 88.5 Å². The summed E-state index contributed by atoms with van der Waals surface area (Å²) in [4.78, 5) is 23.5. The summed E-state index contributed by atoms with van der Waals surface area (Å²) in [5.41, 5.74) is 11.1. The van der Waals surface area contributed by atoms with Gasteiger partial charge in [-0.2, -0.15) is 0 Å².